The summed E-state index contributed by atoms with van der Waals surface area (Å²) in [4.78, 5) is 4.40. The van der Waals surface area contributed by atoms with E-state index in [4.69, 9.17) is 4.52 Å². The van der Waals surface area contributed by atoms with E-state index in [1.807, 2.05) is 0 Å². The minimum atomic E-state index is -3.68. The van der Waals surface area contributed by atoms with E-state index in [1.165, 1.54) is 24.3 Å². The Hall–Kier alpha value is -2.58. The molecule has 0 aliphatic carbocycles. The van der Waals surface area contributed by atoms with Crippen molar-refractivity contribution in [2.24, 2.45) is 0 Å². The number of hydrogen-bond donors (Lipinski definition) is 1. The first kappa shape index (κ1) is 19.2. The van der Waals surface area contributed by atoms with E-state index in [1.54, 1.807) is 45.0 Å². The second-order valence-corrected chi connectivity index (χ2v) is 8.89. The number of halogens is 1. The zero-order chi connectivity index (χ0) is 19.7. The lowest BCUT2D eigenvalue weighted by Crippen LogP contribution is -2.40. The molecule has 0 aliphatic heterocycles. The van der Waals surface area contributed by atoms with Crippen molar-refractivity contribution >= 4 is 10.0 Å². The van der Waals surface area contributed by atoms with Gasteiger partial charge in [-0.15, -0.1) is 0 Å². The fourth-order valence-electron chi connectivity index (χ4n) is 2.53. The van der Waals surface area contributed by atoms with Crippen molar-refractivity contribution < 1.29 is 17.3 Å². The monoisotopic (exact) mass is 389 g/mol. The highest BCUT2D eigenvalue weighted by molar-refractivity contribution is 7.89. The summed E-state index contributed by atoms with van der Waals surface area (Å²) in [5.74, 6) is 0.256. The van der Waals surface area contributed by atoms with Crippen molar-refractivity contribution in [3.8, 4) is 11.5 Å². The molecule has 6 nitrogen and oxygen atoms in total. The van der Waals surface area contributed by atoms with Crippen LogP contribution in [0.15, 0.2) is 57.9 Å². The normalized spacial score (nSPS) is 12.3. The highest BCUT2D eigenvalue weighted by Gasteiger charge is 2.23. The molecule has 3 aromatic rings. The van der Waals surface area contributed by atoms with Crippen LogP contribution < -0.4 is 4.72 Å². The number of rotatable bonds is 5. The van der Waals surface area contributed by atoms with Crippen LogP contribution in [0.5, 0.6) is 0 Å². The Labute approximate surface area is 157 Å². The second kappa shape index (κ2) is 7.21. The van der Waals surface area contributed by atoms with Gasteiger partial charge in [0.15, 0.2) is 5.82 Å². The Balaban J connectivity index is 1.85. The summed E-state index contributed by atoms with van der Waals surface area (Å²) < 4.78 is 46.1. The first-order valence-corrected chi connectivity index (χ1v) is 9.82. The third-order valence-corrected chi connectivity index (χ3v) is 5.31. The van der Waals surface area contributed by atoms with Gasteiger partial charge < -0.3 is 4.52 Å². The van der Waals surface area contributed by atoms with Gasteiger partial charge in [0.05, 0.1) is 4.90 Å². The molecule has 0 unspecified atom stereocenters. The van der Waals surface area contributed by atoms with Crippen molar-refractivity contribution in [1.82, 2.24) is 14.9 Å². The average Bonchev–Trinajstić information content (AvgIpc) is 3.01. The van der Waals surface area contributed by atoms with E-state index in [9.17, 15) is 12.8 Å². The molecule has 0 bridgehead atoms. The summed E-state index contributed by atoms with van der Waals surface area (Å²) in [5.41, 5.74) is 0.607. The number of nitrogens with zero attached hydrogens (tertiary/aromatic N) is 2. The van der Waals surface area contributed by atoms with E-state index in [-0.39, 0.29) is 16.6 Å². The van der Waals surface area contributed by atoms with Crippen LogP contribution in [-0.4, -0.2) is 24.1 Å². The molecular formula is C19H20FN3O3S. The highest BCUT2D eigenvalue weighted by Crippen LogP contribution is 2.22. The van der Waals surface area contributed by atoms with Crippen LogP contribution >= 0.6 is 0 Å². The molecule has 1 heterocycles. The van der Waals surface area contributed by atoms with Crippen molar-refractivity contribution in [2.45, 2.75) is 37.6 Å². The summed E-state index contributed by atoms with van der Waals surface area (Å²) in [5, 5.41) is 3.90. The third-order valence-electron chi connectivity index (χ3n) is 3.55. The SMILES string of the molecule is CC(C)(C)NS(=O)(=O)c1cccc(-c2nc(Cc3cccc(F)c3)no2)c1. The minimum absolute atomic E-state index is 0.111. The Kier molecular flexibility index (Phi) is 5.12. The molecule has 8 heteroatoms. The van der Waals surface area contributed by atoms with E-state index in [0.717, 1.165) is 0 Å². The lowest BCUT2D eigenvalue weighted by Gasteiger charge is -2.20. The predicted octanol–water partition coefficient (Wildman–Crippen LogP) is 3.54. The topological polar surface area (TPSA) is 85.1 Å². The van der Waals surface area contributed by atoms with Crippen LogP contribution in [0.4, 0.5) is 4.39 Å². The summed E-state index contributed by atoms with van der Waals surface area (Å²) in [6.45, 7) is 5.31. The van der Waals surface area contributed by atoms with Gasteiger partial charge in [-0.05, 0) is 56.7 Å². The number of sulfonamides is 1. The number of benzene rings is 2. The molecular weight excluding hydrogens is 369 g/mol. The van der Waals surface area contributed by atoms with Crippen LogP contribution in [0.2, 0.25) is 0 Å². The smallest absolute Gasteiger partial charge is 0.257 e. The quantitative estimate of drug-likeness (QED) is 0.721. The molecule has 3 rings (SSSR count). The first-order chi connectivity index (χ1) is 12.6. The molecule has 1 aromatic heterocycles. The van der Waals surface area contributed by atoms with Crippen LogP contribution in [0, 0.1) is 5.82 Å². The largest absolute Gasteiger partial charge is 0.334 e. The molecule has 0 fully saturated rings. The Morgan fingerprint density at radius 2 is 1.85 bits per heavy atom. The molecule has 27 heavy (non-hydrogen) atoms. The van der Waals surface area contributed by atoms with Crippen LogP contribution in [0.3, 0.4) is 0 Å². The molecule has 0 amide bonds. The van der Waals surface area contributed by atoms with Gasteiger partial charge in [0, 0.05) is 17.5 Å². The molecule has 0 saturated carbocycles. The van der Waals surface area contributed by atoms with Gasteiger partial charge >= 0.3 is 0 Å². The summed E-state index contributed by atoms with van der Waals surface area (Å²) in [6, 6.07) is 12.4. The average molecular weight is 389 g/mol. The maximum atomic E-state index is 13.3. The number of nitrogens with one attached hydrogen (secondary N) is 1. The van der Waals surface area contributed by atoms with E-state index in [0.29, 0.717) is 23.4 Å². The van der Waals surface area contributed by atoms with Crippen molar-refractivity contribution in [2.75, 3.05) is 0 Å². The number of hydrogen-bond acceptors (Lipinski definition) is 5. The Morgan fingerprint density at radius 1 is 1.11 bits per heavy atom. The van der Waals surface area contributed by atoms with Crippen LogP contribution in [0.1, 0.15) is 32.2 Å². The van der Waals surface area contributed by atoms with Crippen molar-refractivity contribution in [3.63, 3.8) is 0 Å². The second-order valence-electron chi connectivity index (χ2n) is 7.21. The van der Waals surface area contributed by atoms with Crippen LogP contribution in [0.25, 0.3) is 11.5 Å². The summed E-state index contributed by atoms with van der Waals surface area (Å²) in [6.07, 6.45) is 0.310. The maximum Gasteiger partial charge on any atom is 0.257 e. The lowest BCUT2D eigenvalue weighted by atomic mass is 10.1. The molecule has 142 valence electrons. The third kappa shape index (κ3) is 4.99. The summed E-state index contributed by atoms with van der Waals surface area (Å²) >= 11 is 0. The Morgan fingerprint density at radius 3 is 2.56 bits per heavy atom. The maximum absolute atomic E-state index is 13.3. The Bertz CT molecular complexity index is 1060. The zero-order valence-corrected chi connectivity index (χ0v) is 16.0. The van der Waals surface area contributed by atoms with Crippen molar-refractivity contribution in [3.05, 3.63) is 65.7 Å². The fraction of sp³-hybridized carbons (Fsp3) is 0.263. The summed E-state index contributed by atoms with van der Waals surface area (Å²) in [7, 11) is -3.68. The van der Waals surface area contributed by atoms with E-state index < -0.39 is 15.6 Å². The van der Waals surface area contributed by atoms with Gasteiger partial charge in [0.1, 0.15) is 5.82 Å². The zero-order valence-electron chi connectivity index (χ0n) is 15.2. The molecule has 1 N–H and O–H groups in total. The lowest BCUT2D eigenvalue weighted by molar-refractivity contribution is 0.424. The predicted molar refractivity (Wildman–Crippen MR) is 99.0 cm³/mol. The molecule has 0 atom stereocenters. The van der Waals surface area contributed by atoms with E-state index in [2.05, 4.69) is 14.9 Å². The minimum Gasteiger partial charge on any atom is -0.334 e. The van der Waals surface area contributed by atoms with Crippen molar-refractivity contribution in [1.29, 1.82) is 0 Å². The van der Waals surface area contributed by atoms with Gasteiger partial charge in [-0.25, -0.2) is 17.5 Å². The van der Waals surface area contributed by atoms with Gasteiger partial charge in [-0.3, -0.25) is 0 Å². The molecule has 0 spiro atoms. The van der Waals surface area contributed by atoms with Gasteiger partial charge in [0.25, 0.3) is 5.89 Å². The molecule has 0 aliphatic rings. The first-order valence-electron chi connectivity index (χ1n) is 8.34. The highest BCUT2D eigenvalue weighted by atomic mass is 32.2. The van der Waals surface area contributed by atoms with Crippen LogP contribution in [-0.2, 0) is 16.4 Å². The standard InChI is InChI=1S/C19H20FN3O3S/c1-19(2,3)23-27(24,25)16-9-5-7-14(12-16)18-21-17(22-26-18)11-13-6-4-8-15(20)10-13/h4-10,12,23H,11H2,1-3H3. The van der Waals surface area contributed by atoms with Gasteiger partial charge in [0.2, 0.25) is 10.0 Å². The molecule has 2 aromatic carbocycles. The number of aromatic nitrogens is 2. The van der Waals surface area contributed by atoms with Gasteiger partial charge in [-0.2, -0.15) is 4.98 Å². The fourth-order valence-corrected chi connectivity index (χ4v) is 3.99. The van der Waals surface area contributed by atoms with E-state index >= 15 is 0 Å². The van der Waals surface area contributed by atoms with Gasteiger partial charge in [-0.1, -0.05) is 23.4 Å². The molecule has 0 radical (unpaired) electrons. The molecule has 0 saturated heterocycles.